The molecule has 4 amide bonds. The van der Waals surface area contributed by atoms with E-state index < -0.39 is 43.8 Å². The van der Waals surface area contributed by atoms with Crippen LogP contribution in [-0.4, -0.2) is 94.0 Å². The fourth-order valence-corrected chi connectivity index (χ4v) is 11.0. The number of carbonyl (C=O) groups is 4. The zero-order valence-corrected chi connectivity index (χ0v) is 28.4. The number of carbonyl (C=O) groups excluding carboxylic acids is 4. The molecule has 0 aromatic heterocycles. The summed E-state index contributed by atoms with van der Waals surface area (Å²) < 4.78 is 33.5. The number of anilines is 3. The van der Waals surface area contributed by atoms with Crippen LogP contribution in [0.3, 0.4) is 0 Å². The molecule has 0 saturated carbocycles. The first-order valence-corrected chi connectivity index (χ1v) is 19.6. The summed E-state index contributed by atoms with van der Waals surface area (Å²) in [5.74, 6) is -1.24. The van der Waals surface area contributed by atoms with Crippen molar-refractivity contribution < 1.29 is 42.6 Å². The van der Waals surface area contributed by atoms with Crippen LogP contribution >= 0.6 is 0 Å². The Hall–Kier alpha value is -4.01. The van der Waals surface area contributed by atoms with Gasteiger partial charge in [-0.15, -0.1) is 0 Å². The molecule has 5 atom stereocenters. The van der Waals surface area contributed by atoms with Crippen molar-refractivity contribution in [2.24, 2.45) is 5.92 Å². The van der Waals surface area contributed by atoms with E-state index in [0.29, 0.717) is 55.3 Å². The summed E-state index contributed by atoms with van der Waals surface area (Å²) >= 11 is 0. The number of cyclic esters (lactones) is 2. The summed E-state index contributed by atoms with van der Waals surface area (Å²) in [5.41, 5.74) is 0.719. The molecule has 7 rings (SSSR count). The van der Waals surface area contributed by atoms with E-state index >= 15 is 4.11 Å². The van der Waals surface area contributed by atoms with Crippen molar-refractivity contribution >= 4 is 49.5 Å². The van der Waals surface area contributed by atoms with E-state index in [1.54, 1.807) is 41.1 Å². The van der Waals surface area contributed by atoms with Gasteiger partial charge in [0, 0.05) is 34.9 Å². The molecule has 1 N–H and O–H groups in total. The molecule has 1 spiro atoms. The highest BCUT2D eigenvalue weighted by Crippen LogP contribution is 2.61. The van der Waals surface area contributed by atoms with Crippen LogP contribution in [0.25, 0.3) is 0 Å². The molecule has 0 radical (unpaired) electrons. The second-order valence-electron chi connectivity index (χ2n) is 13.8. The summed E-state index contributed by atoms with van der Waals surface area (Å²) in [4.78, 5) is 59.7. The standard InChI is InChI=1S/C34H41FN4O8Si/c1-21-30(48(2,3)35)28(18-29(41)36-11-5-8-25(36)20-40)47-34(21)26-17-24(38-13-15-46-33(38)44)9-10-27(26)39(31(34)42)19-22-6-4-7-23(16-22)37-12-14-45-32(37)43/h4,6-7,9-10,16-17,21,25,28,30,40H,5,8,11-15,18-20H2,1-3H3/t21-,25-,28+,30-,34+/m0/s1. The molecule has 5 heterocycles. The summed E-state index contributed by atoms with van der Waals surface area (Å²) in [6.07, 6.45) is -0.436. The van der Waals surface area contributed by atoms with Gasteiger partial charge in [0.25, 0.3) is 5.91 Å². The van der Waals surface area contributed by atoms with Gasteiger partial charge in [0.15, 0.2) is 5.60 Å². The molecule has 5 aliphatic heterocycles. The van der Waals surface area contributed by atoms with Gasteiger partial charge in [-0.25, -0.2) is 9.59 Å². The maximum Gasteiger partial charge on any atom is 0.414 e. The molecule has 4 fully saturated rings. The largest absolute Gasteiger partial charge is 0.447 e. The number of fused-ring (bicyclic) bond motifs is 2. The van der Waals surface area contributed by atoms with Crippen molar-refractivity contribution in [3.05, 3.63) is 53.6 Å². The van der Waals surface area contributed by atoms with Crippen LogP contribution in [0.4, 0.5) is 30.8 Å². The van der Waals surface area contributed by atoms with Crippen molar-refractivity contribution in [2.75, 3.05) is 54.2 Å². The molecule has 256 valence electrons. The molecule has 14 heteroatoms. The van der Waals surface area contributed by atoms with Crippen LogP contribution in [0.15, 0.2) is 42.5 Å². The highest BCUT2D eigenvalue weighted by molar-refractivity contribution is 6.72. The van der Waals surface area contributed by atoms with Crippen molar-refractivity contribution in [1.82, 2.24) is 4.90 Å². The lowest BCUT2D eigenvalue weighted by molar-refractivity contribution is -0.150. The van der Waals surface area contributed by atoms with Crippen molar-refractivity contribution in [3.63, 3.8) is 0 Å². The summed E-state index contributed by atoms with van der Waals surface area (Å²) in [6, 6.07) is 12.4. The lowest BCUT2D eigenvalue weighted by atomic mass is 9.82. The van der Waals surface area contributed by atoms with E-state index in [9.17, 15) is 24.3 Å². The Labute approximate surface area is 279 Å². The minimum Gasteiger partial charge on any atom is -0.447 e. The first-order valence-electron chi connectivity index (χ1n) is 16.6. The quantitative estimate of drug-likeness (QED) is 0.323. The van der Waals surface area contributed by atoms with Crippen LogP contribution in [0, 0.1) is 5.92 Å². The van der Waals surface area contributed by atoms with Gasteiger partial charge in [0.2, 0.25) is 14.3 Å². The van der Waals surface area contributed by atoms with Gasteiger partial charge in [0.05, 0.1) is 50.5 Å². The second kappa shape index (κ2) is 12.1. The van der Waals surface area contributed by atoms with E-state index in [1.807, 2.05) is 31.2 Å². The molecule has 2 aromatic carbocycles. The van der Waals surface area contributed by atoms with Crippen LogP contribution in [0.5, 0.6) is 0 Å². The molecule has 2 aromatic rings. The molecule has 4 saturated heterocycles. The minimum atomic E-state index is -3.55. The number of aliphatic hydroxyl groups excluding tert-OH is 1. The van der Waals surface area contributed by atoms with Gasteiger partial charge in [0.1, 0.15) is 13.2 Å². The minimum absolute atomic E-state index is 0.109. The normalized spacial score (nSPS) is 28.6. The molecular formula is C34H41FN4O8Si. The molecule has 0 unspecified atom stereocenters. The number of ether oxygens (including phenoxy) is 3. The Kier molecular flexibility index (Phi) is 8.23. The van der Waals surface area contributed by atoms with Gasteiger partial charge in [-0.1, -0.05) is 19.1 Å². The van der Waals surface area contributed by atoms with Crippen LogP contribution in [-0.2, 0) is 35.9 Å². The third-order valence-corrected chi connectivity index (χ3v) is 13.1. The Morgan fingerprint density at radius 2 is 1.69 bits per heavy atom. The van der Waals surface area contributed by atoms with Gasteiger partial charge in [-0.2, -0.15) is 0 Å². The van der Waals surface area contributed by atoms with Crippen molar-refractivity contribution in [2.45, 2.75) is 69.1 Å². The maximum absolute atomic E-state index is 16.4. The Balaban J connectivity index is 1.28. The van der Waals surface area contributed by atoms with Gasteiger partial charge in [-0.05, 0) is 61.8 Å². The van der Waals surface area contributed by atoms with Crippen LogP contribution in [0.2, 0.25) is 18.6 Å². The number of nitrogens with zero attached hydrogens (tertiary/aromatic N) is 4. The number of aliphatic hydroxyl groups is 1. The average molecular weight is 681 g/mol. The smallest absolute Gasteiger partial charge is 0.414 e. The maximum atomic E-state index is 16.4. The topological polar surface area (TPSA) is 129 Å². The average Bonchev–Trinajstić information content (AvgIpc) is 3.87. The number of amides is 4. The summed E-state index contributed by atoms with van der Waals surface area (Å²) in [7, 11) is -3.55. The SMILES string of the molecule is C[C@H]1[C@H]([Si](C)(C)F)[C@@H](CC(=O)N2CCC[C@H]2CO)O[C@]12C(=O)N(Cc1cccc(N3CCOC3=O)c1)c1ccc(N3CCOC3=O)cc12. The van der Waals surface area contributed by atoms with E-state index in [-0.39, 0.29) is 44.0 Å². The number of benzene rings is 2. The van der Waals surface area contributed by atoms with Gasteiger partial charge >= 0.3 is 12.2 Å². The summed E-state index contributed by atoms with van der Waals surface area (Å²) in [6.45, 7) is 6.81. The highest BCUT2D eigenvalue weighted by Gasteiger charge is 2.67. The highest BCUT2D eigenvalue weighted by atomic mass is 28.4. The number of halogens is 1. The predicted octanol–water partition coefficient (Wildman–Crippen LogP) is 4.30. The van der Waals surface area contributed by atoms with Crippen molar-refractivity contribution in [1.29, 1.82) is 0 Å². The Morgan fingerprint density at radius 3 is 2.31 bits per heavy atom. The third-order valence-electron chi connectivity index (χ3n) is 10.6. The van der Waals surface area contributed by atoms with Crippen LogP contribution < -0.4 is 14.7 Å². The molecule has 0 bridgehead atoms. The number of likely N-dealkylation sites (tertiary alicyclic amines) is 1. The van der Waals surface area contributed by atoms with E-state index in [0.717, 1.165) is 12.0 Å². The fraction of sp³-hybridized carbons (Fsp3) is 0.529. The number of rotatable bonds is 8. The first-order chi connectivity index (χ1) is 22.9. The number of hydrogen-bond donors (Lipinski definition) is 1. The summed E-state index contributed by atoms with van der Waals surface area (Å²) in [5, 5.41) is 9.87. The van der Waals surface area contributed by atoms with Crippen molar-refractivity contribution in [3.8, 4) is 0 Å². The van der Waals surface area contributed by atoms with E-state index in [1.165, 1.54) is 9.80 Å². The lowest BCUT2D eigenvalue weighted by Gasteiger charge is -2.31. The molecule has 5 aliphatic rings. The molecule has 48 heavy (non-hydrogen) atoms. The predicted molar refractivity (Wildman–Crippen MR) is 176 cm³/mol. The molecular weight excluding hydrogens is 639 g/mol. The van der Waals surface area contributed by atoms with E-state index in [4.69, 9.17) is 14.2 Å². The fourth-order valence-electron chi connectivity index (χ4n) is 8.46. The van der Waals surface area contributed by atoms with Gasteiger partial charge in [-0.3, -0.25) is 19.4 Å². The first kappa shape index (κ1) is 32.5. The van der Waals surface area contributed by atoms with E-state index in [2.05, 4.69) is 0 Å². The lowest BCUT2D eigenvalue weighted by Crippen LogP contribution is -2.45. The Morgan fingerprint density at radius 1 is 1.00 bits per heavy atom. The Bertz CT molecular complexity index is 1650. The zero-order valence-electron chi connectivity index (χ0n) is 27.4. The number of hydrogen-bond acceptors (Lipinski definition) is 8. The molecule has 12 nitrogen and oxygen atoms in total. The zero-order chi connectivity index (χ0) is 34.0. The van der Waals surface area contributed by atoms with Crippen LogP contribution in [0.1, 0.15) is 37.3 Å². The second-order valence-corrected chi connectivity index (χ2v) is 17.6. The van der Waals surface area contributed by atoms with Gasteiger partial charge < -0.3 is 33.2 Å². The monoisotopic (exact) mass is 680 g/mol. The molecule has 0 aliphatic carbocycles. The third kappa shape index (κ3) is 5.24.